The van der Waals surface area contributed by atoms with Gasteiger partial charge in [0.1, 0.15) is 6.10 Å². The van der Waals surface area contributed by atoms with Gasteiger partial charge in [-0.05, 0) is 37.5 Å². The molecule has 2 N–H and O–H groups in total. The molecule has 5 heteroatoms. The number of hydrogen-bond acceptors (Lipinski definition) is 5. The molecule has 23 heavy (non-hydrogen) atoms. The summed E-state index contributed by atoms with van der Waals surface area (Å²) in [5, 5.41) is 13.9. The first-order valence-electron chi connectivity index (χ1n) is 9.15. The number of epoxide rings is 1. The Bertz CT molecular complexity index is 388. The van der Waals surface area contributed by atoms with Gasteiger partial charge in [-0.1, -0.05) is 25.3 Å². The van der Waals surface area contributed by atoms with Gasteiger partial charge in [-0.3, -0.25) is 10.2 Å². The van der Waals surface area contributed by atoms with Gasteiger partial charge in [0.2, 0.25) is 0 Å². The van der Waals surface area contributed by atoms with Crippen LogP contribution in [0.5, 0.6) is 0 Å². The molecular weight excluding hydrogens is 292 g/mol. The average molecular weight is 324 g/mol. The summed E-state index contributed by atoms with van der Waals surface area (Å²) in [6, 6.07) is 0.0537. The Morgan fingerprint density at radius 1 is 1.30 bits per heavy atom. The highest BCUT2D eigenvalue weighted by atomic mass is 16.8. The predicted molar refractivity (Wildman–Crippen MR) is 89.7 cm³/mol. The predicted octanol–water partition coefficient (Wildman–Crippen LogP) is 2.21. The van der Waals surface area contributed by atoms with Crippen molar-refractivity contribution in [2.24, 2.45) is 5.41 Å². The number of rotatable bonds is 7. The summed E-state index contributed by atoms with van der Waals surface area (Å²) in [7, 11) is 1.65. The molecule has 0 bridgehead atoms. The van der Waals surface area contributed by atoms with Crippen LogP contribution in [0.25, 0.3) is 0 Å². The van der Waals surface area contributed by atoms with Crippen molar-refractivity contribution >= 4 is 0 Å². The maximum Gasteiger partial charge on any atom is 0.185 e. The summed E-state index contributed by atoms with van der Waals surface area (Å²) in [6.07, 6.45) is 11.3. The number of aliphatic hydroxyl groups is 1. The Morgan fingerprint density at radius 2 is 2.00 bits per heavy atom. The van der Waals surface area contributed by atoms with Gasteiger partial charge < -0.3 is 14.6 Å². The van der Waals surface area contributed by atoms with E-state index < -0.39 is 6.35 Å². The molecule has 0 amide bonds. The van der Waals surface area contributed by atoms with E-state index in [9.17, 15) is 5.11 Å². The van der Waals surface area contributed by atoms with Crippen LogP contribution in [-0.2, 0) is 9.47 Å². The van der Waals surface area contributed by atoms with Crippen molar-refractivity contribution in [1.29, 1.82) is 0 Å². The maximum atomic E-state index is 10.6. The van der Waals surface area contributed by atoms with E-state index in [1.54, 1.807) is 7.11 Å². The molecule has 3 fully saturated rings. The SMILES string of the molecule is C=CCC(NC(O)N1CCC2(CCCCC2)CC1)C1OC1OC. The van der Waals surface area contributed by atoms with E-state index in [1.165, 1.54) is 44.9 Å². The van der Waals surface area contributed by atoms with Crippen LogP contribution in [0.15, 0.2) is 12.7 Å². The minimum atomic E-state index is -0.609. The number of hydrogen-bond donors (Lipinski definition) is 2. The molecule has 4 unspecified atom stereocenters. The van der Waals surface area contributed by atoms with Crippen molar-refractivity contribution in [1.82, 2.24) is 10.2 Å². The van der Waals surface area contributed by atoms with Crippen LogP contribution in [0.2, 0.25) is 0 Å². The number of ether oxygens (including phenoxy) is 2. The minimum absolute atomic E-state index is 0.0159. The average Bonchev–Trinajstić information content (AvgIpc) is 3.35. The lowest BCUT2D eigenvalue weighted by molar-refractivity contribution is -0.0674. The minimum Gasteiger partial charge on any atom is -0.365 e. The van der Waals surface area contributed by atoms with Gasteiger partial charge in [-0.2, -0.15) is 0 Å². The van der Waals surface area contributed by atoms with E-state index in [1.807, 2.05) is 6.08 Å². The summed E-state index contributed by atoms with van der Waals surface area (Å²) >= 11 is 0. The van der Waals surface area contributed by atoms with Crippen molar-refractivity contribution in [2.45, 2.75) is 76.2 Å². The molecule has 0 aromatic rings. The van der Waals surface area contributed by atoms with Gasteiger partial charge in [0.15, 0.2) is 12.6 Å². The molecule has 3 rings (SSSR count). The highest BCUT2D eigenvalue weighted by Gasteiger charge is 2.46. The van der Waals surface area contributed by atoms with E-state index in [0.717, 1.165) is 19.5 Å². The van der Waals surface area contributed by atoms with E-state index in [0.29, 0.717) is 5.41 Å². The molecule has 0 aromatic carbocycles. The quantitative estimate of drug-likeness (QED) is 0.427. The van der Waals surface area contributed by atoms with Crippen LogP contribution in [0.4, 0.5) is 0 Å². The molecule has 5 nitrogen and oxygen atoms in total. The summed E-state index contributed by atoms with van der Waals surface area (Å²) < 4.78 is 10.7. The number of nitrogens with zero attached hydrogens (tertiary/aromatic N) is 1. The zero-order valence-electron chi connectivity index (χ0n) is 14.4. The van der Waals surface area contributed by atoms with Gasteiger partial charge in [0.05, 0.1) is 0 Å². The Morgan fingerprint density at radius 3 is 2.57 bits per heavy atom. The molecule has 0 aromatic heterocycles. The monoisotopic (exact) mass is 324 g/mol. The first-order chi connectivity index (χ1) is 11.2. The van der Waals surface area contributed by atoms with E-state index in [4.69, 9.17) is 9.47 Å². The summed E-state index contributed by atoms with van der Waals surface area (Å²) in [5.41, 5.74) is 0.565. The Kier molecular flexibility index (Phi) is 5.75. The molecule has 132 valence electrons. The van der Waals surface area contributed by atoms with Gasteiger partial charge in [0.25, 0.3) is 0 Å². The van der Waals surface area contributed by atoms with Crippen molar-refractivity contribution in [3.8, 4) is 0 Å². The fourth-order valence-electron chi connectivity index (χ4n) is 4.40. The number of nitrogens with one attached hydrogen (secondary N) is 1. The molecule has 1 aliphatic carbocycles. The topological polar surface area (TPSA) is 57.3 Å². The molecule has 2 saturated heterocycles. The van der Waals surface area contributed by atoms with Gasteiger partial charge in [-0.25, -0.2) is 0 Å². The largest absolute Gasteiger partial charge is 0.365 e. The van der Waals surface area contributed by atoms with E-state index >= 15 is 0 Å². The number of likely N-dealkylation sites (tertiary alicyclic amines) is 1. The van der Waals surface area contributed by atoms with Crippen LogP contribution in [-0.4, -0.2) is 55.0 Å². The zero-order valence-corrected chi connectivity index (χ0v) is 14.4. The molecule has 2 heterocycles. The second-order valence-corrected chi connectivity index (χ2v) is 7.47. The van der Waals surface area contributed by atoms with Gasteiger partial charge in [0, 0.05) is 26.2 Å². The van der Waals surface area contributed by atoms with Crippen molar-refractivity contribution < 1.29 is 14.6 Å². The second kappa shape index (κ2) is 7.62. The molecule has 2 aliphatic heterocycles. The lowest BCUT2D eigenvalue weighted by Gasteiger charge is -2.45. The molecule has 1 saturated carbocycles. The van der Waals surface area contributed by atoms with Crippen molar-refractivity contribution in [3.05, 3.63) is 12.7 Å². The van der Waals surface area contributed by atoms with Gasteiger partial charge in [-0.15, -0.1) is 6.58 Å². The fourth-order valence-corrected chi connectivity index (χ4v) is 4.40. The smallest absolute Gasteiger partial charge is 0.185 e. The van der Waals surface area contributed by atoms with Crippen LogP contribution < -0.4 is 5.32 Å². The van der Waals surface area contributed by atoms with Crippen LogP contribution in [0, 0.1) is 5.41 Å². The molecule has 4 atom stereocenters. The van der Waals surface area contributed by atoms with Crippen LogP contribution >= 0.6 is 0 Å². The fraction of sp³-hybridized carbons (Fsp3) is 0.889. The lowest BCUT2D eigenvalue weighted by Crippen LogP contribution is -2.55. The highest BCUT2D eigenvalue weighted by molar-refractivity contribution is 4.95. The molecule has 3 aliphatic rings. The number of aliphatic hydroxyl groups excluding tert-OH is 1. The van der Waals surface area contributed by atoms with Crippen LogP contribution in [0.3, 0.4) is 0 Å². The number of methoxy groups -OCH3 is 1. The van der Waals surface area contributed by atoms with E-state index in [2.05, 4.69) is 16.8 Å². The molecule has 1 spiro atoms. The third-order valence-corrected chi connectivity index (χ3v) is 6.01. The van der Waals surface area contributed by atoms with E-state index in [-0.39, 0.29) is 18.4 Å². The highest BCUT2D eigenvalue weighted by Crippen LogP contribution is 2.44. The van der Waals surface area contributed by atoms with Gasteiger partial charge >= 0.3 is 0 Å². The second-order valence-electron chi connectivity index (χ2n) is 7.47. The Labute approximate surface area is 140 Å². The summed E-state index contributed by atoms with van der Waals surface area (Å²) in [4.78, 5) is 2.17. The first kappa shape index (κ1) is 17.4. The summed E-state index contributed by atoms with van der Waals surface area (Å²) in [5.74, 6) is 0. The first-order valence-corrected chi connectivity index (χ1v) is 9.15. The molecule has 0 radical (unpaired) electrons. The lowest BCUT2D eigenvalue weighted by atomic mass is 9.68. The Hall–Kier alpha value is -0.460. The zero-order chi connectivity index (χ0) is 16.3. The van der Waals surface area contributed by atoms with Crippen LogP contribution in [0.1, 0.15) is 51.4 Å². The van der Waals surface area contributed by atoms with Crippen molar-refractivity contribution in [3.63, 3.8) is 0 Å². The molecular formula is C18H32N2O3. The Balaban J connectivity index is 1.48. The van der Waals surface area contributed by atoms with Crippen molar-refractivity contribution in [2.75, 3.05) is 20.2 Å². The third-order valence-electron chi connectivity index (χ3n) is 6.01. The standard InChI is InChI=1S/C18H32N2O3/c1-3-7-14(15-16(22-2)23-15)19-17(21)20-12-10-18(11-13-20)8-5-4-6-9-18/h3,14-17,19,21H,1,4-13H2,2H3. The number of piperidine rings is 1. The third kappa shape index (κ3) is 4.15. The normalized spacial score (nSPS) is 33.3. The summed E-state index contributed by atoms with van der Waals surface area (Å²) in [6.45, 7) is 5.77. The maximum absolute atomic E-state index is 10.6.